The molecule has 0 saturated carbocycles. The first-order chi connectivity index (χ1) is 11.7. The van der Waals surface area contributed by atoms with Gasteiger partial charge < -0.3 is 9.73 Å². The molecule has 0 saturated heterocycles. The van der Waals surface area contributed by atoms with Crippen LogP contribution in [0.3, 0.4) is 0 Å². The maximum absolute atomic E-state index is 12.0. The summed E-state index contributed by atoms with van der Waals surface area (Å²) in [5.74, 6) is 0.506. The van der Waals surface area contributed by atoms with Crippen LogP contribution in [0.2, 0.25) is 0 Å². The van der Waals surface area contributed by atoms with Crippen LogP contribution in [0.4, 0.5) is 5.69 Å². The molecule has 0 fully saturated rings. The van der Waals surface area contributed by atoms with Gasteiger partial charge in [-0.3, -0.25) is 9.78 Å². The molecule has 1 amide bonds. The van der Waals surface area contributed by atoms with E-state index in [4.69, 9.17) is 9.68 Å². The van der Waals surface area contributed by atoms with Crippen molar-refractivity contribution in [1.82, 2.24) is 15.2 Å². The molecule has 7 nitrogen and oxygen atoms in total. The number of carbonyl (C=O) groups excluding carboxylic acids is 1. The molecule has 2 aromatic heterocycles. The van der Waals surface area contributed by atoms with E-state index in [1.165, 1.54) is 0 Å². The van der Waals surface area contributed by atoms with E-state index in [9.17, 15) is 4.79 Å². The summed E-state index contributed by atoms with van der Waals surface area (Å²) >= 11 is 0. The van der Waals surface area contributed by atoms with Crippen molar-refractivity contribution < 1.29 is 9.21 Å². The van der Waals surface area contributed by atoms with Gasteiger partial charge in [-0.2, -0.15) is 5.26 Å². The first-order valence-corrected chi connectivity index (χ1v) is 7.28. The van der Waals surface area contributed by atoms with Crippen molar-refractivity contribution >= 4 is 11.6 Å². The largest absolute Gasteiger partial charge is 0.419 e. The van der Waals surface area contributed by atoms with E-state index >= 15 is 0 Å². The van der Waals surface area contributed by atoms with Gasteiger partial charge in [0.1, 0.15) is 5.69 Å². The SMILES string of the molecule is N#Cc1cccc(NC(=O)CCc2nnc(-c3ccccn3)o2)c1. The Morgan fingerprint density at radius 3 is 2.92 bits per heavy atom. The molecule has 3 rings (SSSR count). The summed E-state index contributed by atoms with van der Waals surface area (Å²) in [7, 11) is 0. The first kappa shape index (κ1) is 15.4. The Hall–Kier alpha value is -3.53. The number of anilines is 1. The molecule has 0 spiro atoms. The normalized spacial score (nSPS) is 10.1. The highest BCUT2D eigenvalue weighted by Crippen LogP contribution is 2.15. The molecular formula is C17H13N5O2. The number of rotatable bonds is 5. The van der Waals surface area contributed by atoms with Crippen LogP contribution < -0.4 is 5.32 Å². The zero-order chi connectivity index (χ0) is 16.8. The van der Waals surface area contributed by atoms with Gasteiger partial charge in [0.25, 0.3) is 5.89 Å². The number of pyridine rings is 1. The van der Waals surface area contributed by atoms with Crippen molar-refractivity contribution in [3.8, 4) is 17.7 Å². The van der Waals surface area contributed by atoms with Crippen LogP contribution in [0.15, 0.2) is 53.1 Å². The Morgan fingerprint density at radius 1 is 1.21 bits per heavy atom. The number of benzene rings is 1. The predicted molar refractivity (Wildman–Crippen MR) is 85.6 cm³/mol. The van der Waals surface area contributed by atoms with E-state index in [1.54, 1.807) is 42.6 Å². The van der Waals surface area contributed by atoms with Crippen molar-refractivity contribution in [2.75, 3.05) is 5.32 Å². The molecule has 0 aliphatic rings. The second kappa shape index (κ2) is 7.15. The van der Waals surface area contributed by atoms with Gasteiger partial charge in [0.2, 0.25) is 11.8 Å². The molecule has 0 unspecified atom stereocenters. The zero-order valence-electron chi connectivity index (χ0n) is 12.6. The summed E-state index contributed by atoms with van der Waals surface area (Å²) in [4.78, 5) is 16.1. The van der Waals surface area contributed by atoms with Gasteiger partial charge in [0, 0.05) is 24.7 Å². The molecule has 7 heteroatoms. The standard InChI is InChI=1S/C17H13N5O2/c18-11-12-4-3-5-13(10-12)20-15(23)7-8-16-21-22-17(24-16)14-6-1-2-9-19-14/h1-6,9-10H,7-8H2,(H,20,23). The van der Waals surface area contributed by atoms with Gasteiger partial charge in [-0.25, -0.2) is 0 Å². The van der Waals surface area contributed by atoms with Crippen LogP contribution in [-0.4, -0.2) is 21.1 Å². The third kappa shape index (κ3) is 3.81. The Labute approximate surface area is 138 Å². The molecule has 1 N–H and O–H groups in total. The van der Waals surface area contributed by atoms with Crippen molar-refractivity contribution in [2.45, 2.75) is 12.8 Å². The highest BCUT2D eigenvalue weighted by atomic mass is 16.4. The number of nitrogens with one attached hydrogen (secondary N) is 1. The van der Waals surface area contributed by atoms with Gasteiger partial charge in [-0.15, -0.1) is 10.2 Å². The molecule has 0 aliphatic heterocycles. The van der Waals surface area contributed by atoms with Crippen LogP contribution in [0, 0.1) is 11.3 Å². The average Bonchev–Trinajstić information content (AvgIpc) is 3.10. The van der Waals surface area contributed by atoms with Crippen LogP contribution in [0.1, 0.15) is 17.9 Å². The van der Waals surface area contributed by atoms with E-state index in [0.717, 1.165) is 0 Å². The van der Waals surface area contributed by atoms with Crippen LogP contribution in [-0.2, 0) is 11.2 Å². The third-order valence-corrected chi connectivity index (χ3v) is 3.19. The van der Waals surface area contributed by atoms with Gasteiger partial charge in [-0.05, 0) is 30.3 Å². The van der Waals surface area contributed by atoms with Crippen LogP contribution in [0.5, 0.6) is 0 Å². The Bertz CT molecular complexity index is 883. The zero-order valence-corrected chi connectivity index (χ0v) is 12.6. The number of nitrogens with zero attached hydrogens (tertiary/aromatic N) is 4. The van der Waals surface area contributed by atoms with Gasteiger partial charge in [0.15, 0.2) is 0 Å². The number of carbonyl (C=O) groups is 1. The van der Waals surface area contributed by atoms with Gasteiger partial charge >= 0.3 is 0 Å². The van der Waals surface area contributed by atoms with E-state index in [-0.39, 0.29) is 12.3 Å². The van der Waals surface area contributed by atoms with Crippen molar-refractivity contribution in [3.63, 3.8) is 0 Å². The van der Waals surface area contributed by atoms with E-state index < -0.39 is 0 Å². The molecule has 0 aliphatic carbocycles. The predicted octanol–water partition coefficient (Wildman–Crippen LogP) is 2.57. The molecule has 118 valence electrons. The number of hydrogen-bond donors (Lipinski definition) is 1. The molecule has 3 aromatic rings. The molecule has 2 heterocycles. The lowest BCUT2D eigenvalue weighted by molar-refractivity contribution is -0.116. The summed E-state index contributed by atoms with van der Waals surface area (Å²) in [5, 5.41) is 19.4. The molecule has 0 radical (unpaired) electrons. The fraction of sp³-hybridized carbons (Fsp3) is 0.118. The van der Waals surface area contributed by atoms with Crippen molar-refractivity contribution in [2.24, 2.45) is 0 Å². The minimum atomic E-state index is -0.192. The van der Waals surface area contributed by atoms with Gasteiger partial charge in [-0.1, -0.05) is 12.1 Å². The second-order valence-electron chi connectivity index (χ2n) is 4.96. The van der Waals surface area contributed by atoms with E-state index in [2.05, 4.69) is 20.5 Å². The number of hydrogen-bond acceptors (Lipinski definition) is 6. The van der Waals surface area contributed by atoms with Crippen LogP contribution >= 0.6 is 0 Å². The fourth-order valence-electron chi connectivity index (χ4n) is 2.06. The molecule has 24 heavy (non-hydrogen) atoms. The van der Waals surface area contributed by atoms with Gasteiger partial charge in [0.05, 0.1) is 11.6 Å². The van der Waals surface area contributed by atoms with E-state index in [1.807, 2.05) is 12.1 Å². The summed E-state index contributed by atoms with van der Waals surface area (Å²) in [5.41, 5.74) is 1.66. The number of aryl methyl sites for hydroxylation is 1. The highest BCUT2D eigenvalue weighted by molar-refractivity contribution is 5.90. The number of nitriles is 1. The minimum absolute atomic E-state index is 0.192. The summed E-state index contributed by atoms with van der Waals surface area (Å²) < 4.78 is 5.50. The quantitative estimate of drug-likeness (QED) is 0.775. The first-order valence-electron chi connectivity index (χ1n) is 7.28. The fourth-order valence-corrected chi connectivity index (χ4v) is 2.06. The lowest BCUT2D eigenvalue weighted by atomic mass is 10.2. The highest BCUT2D eigenvalue weighted by Gasteiger charge is 2.11. The van der Waals surface area contributed by atoms with Crippen molar-refractivity contribution in [3.05, 3.63) is 60.1 Å². The lowest BCUT2D eigenvalue weighted by Crippen LogP contribution is -2.12. The Balaban J connectivity index is 1.57. The Kier molecular flexibility index (Phi) is 4.58. The smallest absolute Gasteiger partial charge is 0.266 e. The minimum Gasteiger partial charge on any atom is -0.419 e. The third-order valence-electron chi connectivity index (χ3n) is 3.19. The molecule has 0 bridgehead atoms. The Morgan fingerprint density at radius 2 is 2.12 bits per heavy atom. The van der Waals surface area contributed by atoms with Crippen LogP contribution in [0.25, 0.3) is 11.6 Å². The topological polar surface area (TPSA) is 105 Å². The molecule has 0 atom stereocenters. The maximum atomic E-state index is 12.0. The lowest BCUT2D eigenvalue weighted by Gasteiger charge is -2.04. The molecule has 1 aromatic carbocycles. The van der Waals surface area contributed by atoms with E-state index in [0.29, 0.717) is 35.1 Å². The molecular weight excluding hydrogens is 306 g/mol. The number of aromatic nitrogens is 3. The summed E-state index contributed by atoms with van der Waals surface area (Å²) in [6, 6.07) is 14.2. The summed E-state index contributed by atoms with van der Waals surface area (Å²) in [6.45, 7) is 0. The maximum Gasteiger partial charge on any atom is 0.266 e. The van der Waals surface area contributed by atoms with Crippen molar-refractivity contribution in [1.29, 1.82) is 5.26 Å². The second-order valence-corrected chi connectivity index (χ2v) is 4.96. The number of amides is 1. The average molecular weight is 319 g/mol. The summed E-state index contributed by atoms with van der Waals surface area (Å²) in [6.07, 6.45) is 2.16. The monoisotopic (exact) mass is 319 g/mol.